The number of unbranched alkanes of at least 4 members (excludes halogenated alkanes) is 6. The number of hydrogen-bond acceptors (Lipinski definition) is 2. The van der Waals surface area contributed by atoms with Crippen molar-refractivity contribution >= 4 is 0 Å². The van der Waals surface area contributed by atoms with Crippen molar-refractivity contribution in [2.24, 2.45) is 11.8 Å². The van der Waals surface area contributed by atoms with E-state index in [1.807, 2.05) is 0 Å². The summed E-state index contributed by atoms with van der Waals surface area (Å²) in [6.07, 6.45) is 22.4. The van der Waals surface area contributed by atoms with Crippen molar-refractivity contribution in [1.29, 1.82) is 0 Å². The Morgan fingerprint density at radius 3 is 2.06 bits per heavy atom. The number of aromatic nitrogens is 1. The zero-order valence-electron chi connectivity index (χ0n) is 21.4. The van der Waals surface area contributed by atoms with Crippen molar-refractivity contribution < 1.29 is 4.74 Å². The molecule has 0 N–H and O–H groups in total. The summed E-state index contributed by atoms with van der Waals surface area (Å²) in [5.41, 5.74) is 3.60. The zero-order valence-corrected chi connectivity index (χ0v) is 21.4. The van der Waals surface area contributed by atoms with Gasteiger partial charge in [0.15, 0.2) is 0 Å². The van der Waals surface area contributed by atoms with E-state index in [-0.39, 0.29) is 0 Å². The summed E-state index contributed by atoms with van der Waals surface area (Å²) in [4.78, 5) is 4.76. The van der Waals surface area contributed by atoms with Gasteiger partial charge in [0, 0.05) is 11.8 Å². The lowest BCUT2D eigenvalue weighted by Gasteiger charge is -2.28. The second kappa shape index (κ2) is 15.1. The third-order valence-corrected chi connectivity index (χ3v) is 7.51. The summed E-state index contributed by atoms with van der Waals surface area (Å²) < 4.78 is 5.90. The highest BCUT2D eigenvalue weighted by atomic mass is 16.5. The Bertz CT molecular complexity index is 743. The van der Waals surface area contributed by atoms with Crippen LogP contribution in [-0.2, 0) is 6.42 Å². The summed E-state index contributed by atoms with van der Waals surface area (Å²) in [6, 6.07) is 12.9. The van der Waals surface area contributed by atoms with Crippen LogP contribution in [0.2, 0.25) is 0 Å². The van der Waals surface area contributed by atoms with Gasteiger partial charge in [-0.2, -0.15) is 0 Å². The van der Waals surface area contributed by atoms with Gasteiger partial charge >= 0.3 is 0 Å². The molecule has 0 unspecified atom stereocenters. The molecule has 0 atom stereocenters. The molecular formula is C31H47NO. The van der Waals surface area contributed by atoms with Crippen LogP contribution in [0.4, 0.5) is 0 Å². The van der Waals surface area contributed by atoms with Gasteiger partial charge < -0.3 is 4.74 Å². The van der Waals surface area contributed by atoms with E-state index < -0.39 is 0 Å². The van der Waals surface area contributed by atoms with Gasteiger partial charge in [0.05, 0.1) is 12.3 Å². The topological polar surface area (TPSA) is 22.1 Å². The van der Waals surface area contributed by atoms with Crippen LogP contribution in [0, 0.1) is 11.8 Å². The van der Waals surface area contributed by atoms with Crippen LogP contribution in [0.25, 0.3) is 11.3 Å². The molecule has 0 amide bonds. The Morgan fingerprint density at radius 2 is 1.39 bits per heavy atom. The van der Waals surface area contributed by atoms with E-state index in [1.54, 1.807) is 0 Å². The molecule has 2 nitrogen and oxygen atoms in total. The predicted octanol–water partition coefficient (Wildman–Crippen LogP) is 9.42. The van der Waals surface area contributed by atoms with Crippen LogP contribution in [0.15, 0.2) is 42.6 Å². The molecule has 1 aliphatic rings. The first-order chi connectivity index (χ1) is 16.3. The highest BCUT2D eigenvalue weighted by molar-refractivity contribution is 5.60. The van der Waals surface area contributed by atoms with E-state index >= 15 is 0 Å². The van der Waals surface area contributed by atoms with Crippen molar-refractivity contribution in [3.63, 3.8) is 0 Å². The van der Waals surface area contributed by atoms with Crippen molar-refractivity contribution in [3.05, 3.63) is 48.2 Å². The number of nitrogens with zero attached hydrogens (tertiary/aromatic N) is 1. The molecule has 0 saturated heterocycles. The average Bonchev–Trinajstić information content (AvgIpc) is 2.86. The van der Waals surface area contributed by atoms with Gasteiger partial charge in [-0.25, -0.2) is 0 Å². The summed E-state index contributed by atoms with van der Waals surface area (Å²) in [6.45, 7) is 5.37. The van der Waals surface area contributed by atoms with Crippen LogP contribution in [0.5, 0.6) is 5.75 Å². The highest BCUT2D eigenvalue weighted by Crippen LogP contribution is 2.34. The van der Waals surface area contributed by atoms with Crippen LogP contribution in [0.1, 0.15) is 109 Å². The van der Waals surface area contributed by atoms with Gasteiger partial charge in [-0.05, 0) is 67.0 Å². The molecule has 1 heterocycles. The van der Waals surface area contributed by atoms with Crippen LogP contribution in [0.3, 0.4) is 0 Å². The Kier molecular flexibility index (Phi) is 11.8. The average molecular weight is 450 g/mol. The maximum atomic E-state index is 5.90. The van der Waals surface area contributed by atoms with Crippen molar-refractivity contribution in [3.8, 4) is 17.0 Å². The van der Waals surface area contributed by atoms with Gasteiger partial charge in [0.25, 0.3) is 0 Å². The van der Waals surface area contributed by atoms with E-state index in [2.05, 4.69) is 56.4 Å². The monoisotopic (exact) mass is 449 g/mol. The van der Waals surface area contributed by atoms with Crippen molar-refractivity contribution in [1.82, 2.24) is 4.98 Å². The first kappa shape index (κ1) is 25.8. The Hall–Kier alpha value is -1.83. The van der Waals surface area contributed by atoms with Crippen LogP contribution < -0.4 is 4.74 Å². The minimum absolute atomic E-state index is 0.816. The van der Waals surface area contributed by atoms with Gasteiger partial charge in [0.1, 0.15) is 5.75 Å². The van der Waals surface area contributed by atoms with Crippen LogP contribution in [-0.4, -0.2) is 11.6 Å². The minimum atomic E-state index is 0.816. The van der Waals surface area contributed by atoms with E-state index in [9.17, 15) is 0 Å². The highest BCUT2D eigenvalue weighted by Gasteiger charge is 2.20. The van der Waals surface area contributed by atoms with E-state index in [0.717, 1.165) is 36.3 Å². The molecule has 0 aliphatic heterocycles. The molecule has 1 saturated carbocycles. The van der Waals surface area contributed by atoms with Gasteiger partial charge in [0.2, 0.25) is 0 Å². The number of benzene rings is 1. The summed E-state index contributed by atoms with van der Waals surface area (Å²) in [5.74, 6) is 2.90. The molecule has 0 radical (unpaired) electrons. The molecule has 182 valence electrons. The maximum absolute atomic E-state index is 5.90. The quantitative estimate of drug-likeness (QED) is 0.253. The molecule has 2 heteroatoms. The van der Waals surface area contributed by atoms with Crippen LogP contribution >= 0.6 is 0 Å². The Balaban J connectivity index is 1.36. The van der Waals surface area contributed by atoms with E-state index in [0.29, 0.717) is 0 Å². The second-order valence-electron chi connectivity index (χ2n) is 10.3. The lowest BCUT2D eigenvalue weighted by molar-refractivity contribution is 0.249. The summed E-state index contributed by atoms with van der Waals surface area (Å²) in [5, 5.41) is 0. The normalized spacial score (nSPS) is 18.4. The van der Waals surface area contributed by atoms with Crippen molar-refractivity contribution in [2.45, 2.75) is 110 Å². The molecule has 1 fully saturated rings. The zero-order chi connectivity index (χ0) is 23.1. The first-order valence-corrected chi connectivity index (χ1v) is 14.0. The largest absolute Gasteiger partial charge is 0.494 e. The van der Waals surface area contributed by atoms with E-state index in [1.165, 1.54) is 101 Å². The SMILES string of the molecule is CCCCCCCOc1ccc(-c2ccc(CCC3CCC(CCCCC)CC3)cn2)cc1. The van der Waals surface area contributed by atoms with Gasteiger partial charge in [-0.1, -0.05) is 97.0 Å². The Labute approximate surface area is 203 Å². The van der Waals surface area contributed by atoms with E-state index in [4.69, 9.17) is 9.72 Å². The Morgan fingerprint density at radius 1 is 0.727 bits per heavy atom. The number of ether oxygens (including phenoxy) is 1. The molecular weight excluding hydrogens is 402 g/mol. The number of rotatable bonds is 15. The lowest BCUT2D eigenvalue weighted by Crippen LogP contribution is -2.15. The molecule has 33 heavy (non-hydrogen) atoms. The van der Waals surface area contributed by atoms with Gasteiger partial charge in [-0.15, -0.1) is 0 Å². The third kappa shape index (κ3) is 9.51. The summed E-state index contributed by atoms with van der Waals surface area (Å²) >= 11 is 0. The molecule has 3 rings (SSSR count). The fourth-order valence-electron chi connectivity index (χ4n) is 5.22. The van der Waals surface area contributed by atoms with Crippen molar-refractivity contribution in [2.75, 3.05) is 6.61 Å². The molecule has 0 spiro atoms. The fraction of sp³-hybridized carbons (Fsp3) is 0.645. The maximum Gasteiger partial charge on any atom is 0.119 e. The first-order valence-electron chi connectivity index (χ1n) is 14.0. The molecule has 2 aromatic rings. The lowest BCUT2D eigenvalue weighted by atomic mass is 9.78. The molecule has 1 aliphatic carbocycles. The smallest absolute Gasteiger partial charge is 0.119 e. The molecule has 1 aromatic heterocycles. The van der Waals surface area contributed by atoms with Gasteiger partial charge in [-0.3, -0.25) is 4.98 Å². The fourth-order valence-corrected chi connectivity index (χ4v) is 5.22. The molecule has 0 bridgehead atoms. The summed E-state index contributed by atoms with van der Waals surface area (Å²) in [7, 11) is 0. The number of aryl methyl sites for hydroxylation is 1. The minimum Gasteiger partial charge on any atom is -0.494 e. The number of hydrogen-bond donors (Lipinski definition) is 0. The standard InChI is InChI=1S/C31H47NO/c1-3-5-7-8-10-24-33-30-21-19-29(20-22-30)31-23-18-28(25-32-31)17-16-27-14-12-26(13-15-27)11-9-6-4-2/h18-23,25-27H,3-17,24H2,1-2H3. The third-order valence-electron chi connectivity index (χ3n) is 7.51. The second-order valence-corrected chi connectivity index (χ2v) is 10.3. The number of pyridine rings is 1. The molecule has 1 aromatic carbocycles. The predicted molar refractivity (Wildman–Crippen MR) is 142 cm³/mol.